The minimum Gasteiger partial charge on any atom is -0.479 e. The first-order valence-electron chi connectivity index (χ1n) is 12.1. The van der Waals surface area contributed by atoms with Crippen LogP contribution >= 0.6 is 0 Å². The Morgan fingerprint density at radius 3 is 2.86 bits per heavy atom. The second-order valence-electron chi connectivity index (χ2n) is 9.46. The molecule has 6 rings (SSSR count). The summed E-state index contributed by atoms with van der Waals surface area (Å²) >= 11 is 0. The molecule has 0 saturated carbocycles. The second-order valence-corrected chi connectivity index (χ2v) is 9.46. The number of methoxy groups -OCH3 is 1. The Balaban J connectivity index is 1.28. The van der Waals surface area contributed by atoms with Crippen LogP contribution in [0.3, 0.4) is 0 Å². The predicted molar refractivity (Wildman–Crippen MR) is 130 cm³/mol. The summed E-state index contributed by atoms with van der Waals surface area (Å²) < 4.78 is 42.7. The van der Waals surface area contributed by atoms with E-state index in [9.17, 15) is 8.78 Å². The number of likely N-dealkylation sites (tertiary alicyclic amines) is 1. The summed E-state index contributed by atoms with van der Waals surface area (Å²) in [5, 5.41) is 16.0. The number of fused-ring (bicyclic) bond motifs is 2. The Bertz CT molecular complexity index is 1390. The first-order chi connectivity index (χ1) is 17.5. The molecule has 3 atom stereocenters. The third-order valence-corrected chi connectivity index (χ3v) is 6.95. The number of hydrogen-bond acceptors (Lipinski definition) is 8. The SMILES string of the molecule is COc1nc(N[C@@H]2CCN(C3COC3)C[C@@H]2F)nn2ccc(-c3ccc4nnn(C[C@@H](C)F)c4c3)c12. The smallest absolute Gasteiger partial charge is 0.244 e. The third kappa shape index (κ3) is 4.13. The summed E-state index contributed by atoms with van der Waals surface area (Å²) in [6.07, 6.45) is 0.381. The number of ether oxygens (including phenoxy) is 2. The Morgan fingerprint density at radius 1 is 1.28 bits per heavy atom. The van der Waals surface area contributed by atoms with Crippen LogP contribution in [0.4, 0.5) is 14.7 Å². The number of halogens is 2. The number of nitrogens with zero attached hydrogens (tertiary/aromatic N) is 7. The predicted octanol–water partition coefficient (Wildman–Crippen LogP) is 2.73. The molecular weight excluding hydrogens is 470 g/mol. The average molecular weight is 499 g/mol. The minimum atomic E-state index is -1.04. The number of rotatable bonds is 7. The number of nitrogens with one attached hydrogen (secondary N) is 1. The van der Waals surface area contributed by atoms with Crippen molar-refractivity contribution in [1.29, 1.82) is 0 Å². The van der Waals surface area contributed by atoms with Gasteiger partial charge in [-0.2, -0.15) is 4.98 Å². The standard InChI is InChI=1S/C24H28F2N8O2/c1-14(25)10-34-21-9-15(3-4-20(21)29-31-34)17-5-8-33-22(17)23(35-2)28-24(30-33)27-19-6-7-32(11-18(19)26)16-12-36-13-16/h3-5,8-9,14,16,18-19H,6-7,10-13H2,1-2H3,(H,27,30)/t14-,18+,19-/m1/s1. The molecule has 3 aromatic heterocycles. The number of benzene rings is 1. The molecule has 2 aliphatic heterocycles. The highest BCUT2D eigenvalue weighted by molar-refractivity contribution is 5.89. The van der Waals surface area contributed by atoms with Crippen molar-refractivity contribution >= 4 is 22.5 Å². The topological polar surface area (TPSA) is 94.6 Å². The zero-order valence-electron chi connectivity index (χ0n) is 20.1. The number of alkyl halides is 2. The first-order valence-corrected chi connectivity index (χ1v) is 12.1. The Morgan fingerprint density at radius 2 is 2.14 bits per heavy atom. The number of piperidine rings is 1. The van der Waals surface area contributed by atoms with Gasteiger partial charge in [0.1, 0.15) is 23.4 Å². The van der Waals surface area contributed by atoms with Crippen LogP contribution in [-0.4, -0.2) is 92.3 Å². The van der Waals surface area contributed by atoms with Crippen LogP contribution < -0.4 is 10.1 Å². The summed E-state index contributed by atoms with van der Waals surface area (Å²) in [5.41, 5.74) is 3.83. The van der Waals surface area contributed by atoms with E-state index in [2.05, 4.69) is 30.6 Å². The van der Waals surface area contributed by atoms with Gasteiger partial charge in [0.05, 0.1) is 44.5 Å². The van der Waals surface area contributed by atoms with Crippen LogP contribution in [0.2, 0.25) is 0 Å². The summed E-state index contributed by atoms with van der Waals surface area (Å²) in [4.78, 5) is 6.71. The quantitative estimate of drug-likeness (QED) is 0.416. The van der Waals surface area contributed by atoms with Crippen molar-refractivity contribution in [1.82, 2.24) is 34.5 Å². The van der Waals surface area contributed by atoms with E-state index < -0.39 is 12.3 Å². The van der Waals surface area contributed by atoms with Crippen molar-refractivity contribution in [3.8, 4) is 17.0 Å². The van der Waals surface area contributed by atoms with Crippen LogP contribution in [-0.2, 0) is 11.3 Å². The molecule has 2 aliphatic rings. The molecule has 0 unspecified atom stereocenters. The first kappa shape index (κ1) is 23.0. The average Bonchev–Trinajstić information content (AvgIpc) is 3.43. The van der Waals surface area contributed by atoms with E-state index in [4.69, 9.17) is 9.47 Å². The summed E-state index contributed by atoms with van der Waals surface area (Å²) in [5.74, 6) is 0.681. The molecule has 2 fully saturated rings. The molecule has 10 nitrogen and oxygen atoms in total. The monoisotopic (exact) mass is 498 g/mol. The normalized spacial score (nSPS) is 22.1. The van der Waals surface area contributed by atoms with Gasteiger partial charge in [-0.15, -0.1) is 10.2 Å². The van der Waals surface area contributed by atoms with Gasteiger partial charge in [0.2, 0.25) is 11.8 Å². The number of aromatic nitrogens is 6. The lowest BCUT2D eigenvalue weighted by Gasteiger charge is -2.42. The van der Waals surface area contributed by atoms with Crippen molar-refractivity contribution in [2.75, 3.05) is 38.7 Å². The molecule has 1 aromatic carbocycles. The van der Waals surface area contributed by atoms with E-state index in [0.29, 0.717) is 55.1 Å². The van der Waals surface area contributed by atoms with Gasteiger partial charge in [-0.05, 0) is 37.1 Å². The van der Waals surface area contributed by atoms with Crippen LogP contribution in [0.1, 0.15) is 13.3 Å². The molecular formula is C24H28F2N8O2. The Labute approximate surface area is 206 Å². The fourth-order valence-corrected chi connectivity index (χ4v) is 4.96. The molecule has 190 valence electrons. The second kappa shape index (κ2) is 9.25. The van der Waals surface area contributed by atoms with E-state index >= 15 is 0 Å². The number of hydrogen-bond donors (Lipinski definition) is 1. The van der Waals surface area contributed by atoms with Gasteiger partial charge in [-0.3, -0.25) is 4.90 Å². The largest absolute Gasteiger partial charge is 0.479 e. The zero-order valence-corrected chi connectivity index (χ0v) is 20.1. The van der Waals surface area contributed by atoms with E-state index in [-0.39, 0.29) is 12.6 Å². The van der Waals surface area contributed by atoms with Crippen molar-refractivity contribution in [3.63, 3.8) is 0 Å². The van der Waals surface area contributed by atoms with Gasteiger partial charge in [0.25, 0.3) is 0 Å². The summed E-state index contributed by atoms with van der Waals surface area (Å²) in [7, 11) is 1.55. The van der Waals surface area contributed by atoms with Gasteiger partial charge in [-0.1, -0.05) is 11.3 Å². The molecule has 36 heavy (non-hydrogen) atoms. The molecule has 0 radical (unpaired) electrons. The van der Waals surface area contributed by atoms with E-state index in [1.54, 1.807) is 16.3 Å². The molecule has 0 aliphatic carbocycles. The molecule has 1 N–H and O–H groups in total. The third-order valence-electron chi connectivity index (χ3n) is 6.95. The van der Waals surface area contributed by atoms with Gasteiger partial charge >= 0.3 is 0 Å². The van der Waals surface area contributed by atoms with Gasteiger partial charge in [0, 0.05) is 24.8 Å². The fourth-order valence-electron chi connectivity index (χ4n) is 4.96. The maximum atomic E-state index is 15.0. The van der Waals surface area contributed by atoms with Crippen molar-refractivity contribution in [2.45, 2.75) is 44.3 Å². The summed E-state index contributed by atoms with van der Waals surface area (Å²) in [6.45, 7) is 4.14. The van der Waals surface area contributed by atoms with Crippen molar-refractivity contribution in [3.05, 3.63) is 30.5 Å². The highest BCUT2D eigenvalue weighted by Crippen LogP contribution is 2.33. The van der Waals surface area contributed by atoms with Crippen LogP contribution in [0.5, 0.6) is 5.88 Å². The zero-order chi connectivity index (χ0) is 24.8. The van der Waals surface area contributed by atoms with Crippen molar-refractivity contribution < 1.29 is 18.3 Å². The van der Waals surface area contributed by atoms with Crippen LogP contribution in [0, 0.1) is 0 Å². The highest BCUT2D eigenvalue weighted by atomic mass is 19.1. The lowest BCUT2D eigenvalue weighted by atomic mass is 10.0. The van der Waals surface area contributed by atoms with Gasteiger partial charge in [0.15, 0.2) is 0 Å². The maximum Gasteiger partial charge on any atom is 0.244 e. The molecule has 12 heteroatoms. The number of anilines is 1. The maximum absolute atomic E-state index is 15.0. The lowest BCUT2D eigenvalue weighted by molar-refractivity contribution is -0.0794. The molecule has 4 aromatic rings. The van der Waals surface area contributed by atoms with Crippen molar-refractivity contribution in [2.24, 2.45) is 0 Å². The van der Waals surface area contributed by atoms with Crippen LogP contribution in [0.15, 0.2) is 30.5 Å². The van der Waals surface area contributed by atoms with Crippen LogP contribution in [0.25, 0.3) is 27.7 Å². The van der Waals surface area contributed by atoms with E-state index in [1.165, 1.54) is 6.92 Å². The lowest BCUT2D eigenvalue weighted by Crippen LogP contribution is -2.57. The molecule has 0 bridgehead atoms. The fraction of sp³-hybridized carbons (Fsp3) is 0.500. The van der Waals surface area contributed by atoms with E-state index in [1.807, 2.05) is 30.5 Å². The van der Waals surface area contributed by atoms with Gasteiger partial charge < -0.3 is 14.8 Å². The molecule has 5 heterocycles. The Kier molecular flexibility index (Phi) is 5.92. The Hall–Kier alpha value is -3.38. The van der Waals surface area contributed by atoms with Gasteiger partial charge in [-0.25, -0.2) is 18.0 Å². The molecule has 0 spiro atoms. The highest BCUT2D eigenvalue weighted by Gasteiger charge is 2.35. The minimum absolute atomic E-state index is 0.126. The molecule has 0 amide bonds. The summed E-state index contributed by atoms with van der Waals surface area (Å²) in [6, 6.07) is 7.56. The van der Waals surface area contributed by atoms with E-state index in [0.717, 1.165) is 23.2 Å². The molecule has 2 saturated heterocycles.